The van der Waals surface area contributed by atoms with Crippen molar-refractivity contribution in [2.75, 3.05) is 0 Å². The van der Waals surface area contributed by atoms with Crippen molar-refractivity contribution >= 4 is 8.32 Å². The maximum atomic E-state index is 6.86. The third kappa shape index (κ3) is 1.83. The minimum absolute atomic E-state index is 0.440. The Kier molecular flexibility index (Phi) is 3.75. The number of hydrogen-bond donors (Lipinski definition) is 0. The normalized spacial score (nSPS) is 38.3. The van der Waals surface area contributed by atoms with Gasteiger partial charge in [0, 0.05) is 0 Å². The van der Waals surface area contributed by atoms with Gasteiger partial charge in [0.2, 0.25) is 0 Å². The van der Waals surface area contributed by atoms with Crippen LogP contribution in [-0.2, 0) is 4.43 Å². The van der Waals surface area contributed by atoms with Crippen LogP contribution in [0.4, 0.5) is 0 Å². The van der Waals surface area contributed by atoms with Crippen LogP contribution in [0.1, 0.15) is 60.8 Å². The molecule has 2 rings (SSSR count). The van der Waals surface area contributed by atoms with Crippen molar-refractivity contribution in [1.29, 1.82) is 0 Å². The fourth-order valence-electron chi connectivity index (χ4n) is 4.61. The monoisotopic (exact) mass is 268 g/mol. The number of rotatable bonds is 5. The summed E-state index contributed by atoms with van der Waals surface area (Å²) >= 11 is 0. The zero-order valence-electron chi connectivity index (χ0n) is 13.3. The van der Waals surface area contributed by atoms with E-state index < -0.39 is 8.32 Å². The molecular weight excluding hydrogens is 236 g/mol. The van der Waals surface area contributed by atoms with Crippen molar-refractivity contribution in [1.82, 2.24) is 0 Å². The molecule has 0 aromatic carbocycles. The van der Waals surface area contributed by atoms with Crippen LogP contribution in [0.15, 0.2) is 0 Å². The molecule has 0 aromatic heterocycles. The van der Waals surface area contributed by atoms with Crippen molar-refractivity contribution in [2.24, 2.45) is 16.7 Å². The molecule has 3 atom stereocenters. The van der Waals surface area contributed by atoms with Crippen molar-refractivity contribution in [3.05, 3.63) is 0 Å². The van der Waals surface area contributed by atoms with Crippen LogP contribution in [0.25, 0.3) is 0 Å². The van der Waals surface area contributed by atoms with E-state index in [0.717, 1.165) is 5.92 Å². The topological polar surface area (TPSA) is 9.23 Å². The van der Waals surface area contributed by atoms with Gasteiger partial charge >= 0.3 is 0 Å². The highest BCUT2D eigenvalue weighted by molar-refractivity contribution is 6.73. The molecule has 0 aliphatic heterocycles. The Bertz CT molecular complexity index is 300. The fraction of sp³-hybridized carbons (Fsp3) is 1.00. The van der Waals surface area contributed by atoms with E-state index in [4.69, 9.17) is 4.43 Å². The van der Waals surface area contributed by atoms with Gasteiger partial charge in [-0.1, -0.05) is 41.5 Å². The third-order valence-electron chi connectivity index (χ3n) is 7.04. The van der Waals surface area contributed by atoms with Crippen LogP contribution in [0.3, 0.4) is 0 Å². The van der Waals surface area contributed by atoms with E-state index in [1.165, 1.54) is 37.4 Å². The zero-order chi connectivity index (χ0) is 13.6. The van der Waals surface area contributed by atoms with E-state index in [1.54, 1.807) is 0 Å². The predicted molar refractivity (Wildman–Crippen MR) is 81.3 cm³/mol. The van der Waals surface area contributed by atoms with Gasteiger partial charge in [-0.25, -0.2) is 0 Å². The molecule has 0 amide bonds. The van der Waals surface area contributed by atoms with Gasteiger partial charge in [0.1, 0.15) is 0 Å². The molecule has 2 bridgehead atoms. The Morgan fingerprint density at radius 1 is 1.06 bits per heavy atom. The van der Waals surface area contributed by atoms with Crippen molar-refractivity contribution < 1.29 is 4.43 Å². The van der Waals surface area contributed by atoms with E-state index in [9.17, 15) is 0 Å². The minimum Gasteiger partial charge on any atom is -0.413 e. The highest BCUT2D eigenvalue weighted by atomic mass is 28.4. The van der Waals surface area contributed by atoms with Gasteiger partial charge in [0.25, 0.3) is 0 Å². The molecule has 2 saturated carbocycles. The van der Waals surface area contributed by atoms with E-state index in [0.29, 0.717) is 16.9 Å². The van der Waals surface area contributed by atoms with Gasteiger partial charge in [-0.05, 0) is 54.1 Å². The highest BCUT2D eigenvalue weighted by Gasteiger charge is 2.62. The summed E-state index contributed by atoms with van der Waals surface area (Å²) in [4.78, 5) is 0. The van der Waals surface area contributed by atoms with Crippen LogP contribution in [-0.4, -0.2) is 14.4 Å². The van der Waals surface area contributed by atoms with Gasteiger partial charge in [-0.15, -0.1) is 0 Å². The van der Waals surface area contributed by atoms with Crippen molar-refractivity contribution in [2.45, 2.75) is 85.0 Å². The maximum absolute atomic E-state index is 6.86. The Balaban J connectivity index is 2.17. The quantitative estimate of drug-likeness (QED) is 0.621. The number of hydrogen-bond acceptors (Lipinski definition) is 1. The molecule has 2 aliphatic carbocycles. The molecule has 18 heavy (non-hydrogen) atoms. The second kappa shape index (κ2) is 4.62. The summed E-state index contributed by atoms with van der Waals surface area (Å²) in [5, 5.41) is 0. The van der Waals surface area contributed by atoms with Gasteiger partial charge in [-0.3, -0.25) is 0 Å². The first-order chi connectivity index (χ1) is 8.35. The Hall–Kier alpha value is 0.177. The Labute approximate surface area is 115 Å². The summed E-state index contributed by atoms with van der Waals surface area (Å²) in [6, 6.07) is 3.87. The lowest BCUT2D eigenvalue weighted by Crippen LogP contribution is -2.46. The number of fused-ring (bicyclic) bond motifs is 2. The highest BCUT2D eigenvalue weighted by Crippen LogP contribution is 2.66. The smallest absolute Gasteiger partial charge is 0.192 e. The van der Waals surface area contributed by atoms with E-state index in [1.807, 2.05) is 0 Å². The van der Waals surface area contributed by atoms with E-state index in [2.05, 4.69) is 41.5 Å². The first kappa shape index (κ1) is 14.6. The maximum Gasteiger partial charge on any atom is 0.192 e. The molecule has 0 saturated heterocycles. The average Bonchev–Trinajstić information content (AvgIpc) is 2.69. The molecule has 0 heterocycles. The molecule has 2 aliphatic rings. The molecule has 0 radical (unpaired) electrons. The van der Waals surface area contributed by atoms with Gasteiger partial charge in [0.05, 0.1) is 6.10 Å². The molecular formula is C16H32OSi. The van der Waals surface area contributed by atoms with Crippen LogP contribution in [0.2, 0.25) is 18.1 Å². The zero-order valence-corrected chi connectivity index (χ0v) is 14.3. The lowest BCUT2D eigenvalue weighted by atomic mass is 9.70. The molecule has 2 fully saturated rings. The second-order valence-electron chi connectivity index (χ2n) is 7.46. The summed E-state index contributed by atoms with van der Waals surface area (Å²) in [5.74, 6) is 0.907. The fourth-order valence-corrected chi connectivity index (χ4v) is 7.57. The lowest BCUT2D eigenvalue weighted by Gasteiger charge is -2.43. The predicted octanol–water partition coefficient (Wildman–Crippen LogP) is 5.22. The summed E-state index contributed by atoms with van der Waals surface area (Å²) in [5.41, 5.74) is 0.933. The van der Waals surface area contributed by atoms with Crippen LogP contribution in [0, 0.1) is 16.7 Å². The standard InChI is InChI=1S/C16H32OSi/c1-7-18(8-2,9-3)17-14-12-13-10-11-16(14,6)15(13,4)5/h13-14H,7-12H2,1-6H3/t13-,14+,16+/m0/s1. The summed E-state index contributed by atoms with van der Waals surface area (Å²) in [6.07, 6.45) is 4.70. The summed E-state index contributed by atoms with van der Waals surface area (Å²) in [7, 11) is -1.43. The average molecular weight is 269 g/mol. The molecule has 106 valence electrons. The first-order valence-electron chi connectivity index (χ1n) is 8.03. The summed E-state index contributed by atoms with van der Waals surface area (Å²) in [6.45, 7) is 14.5. The molecule has 0 unspecified atom stereocenters. The summed E-state index contributed by atoms with van der Waals surface area (Å²) < 4.78 is 6.86. The SMILES string of the molecule is CC[Si](CC)(CC)O[C@@H]1C[C@@H]2CC[C@@]1(C)C2(C)C. The molecule has 0 N–H and O–H groups in total. The lowest BCUT2D eigenvalue weighted by molar-refractivity contribution is 0.0225. The van der Waals surface area contributed by atoms with E-state index >= 15 is 0 Å². The van der Waals surface area contributed by atoms with Gasteiger partial charge in [-0.2, -0.15) is 0 Å². The van der Waals surface area contributed by atoms with Crippen LogP contribution < -0.4 is 0 Å². The molecule has 2 heteroatoms. The Morgan fingerprint density at radius 2 is 1.61 bits per heavy atom. The van der Waals surface area contributed by atoms with Gasteiger partial charge < -0.3 is 4.43 Å². The van der Waals surface area contributed by atoms with Crippen molar-refractivity contribution in [3.8, 4) is 0 Å². The van der Waals surface area contributed by atoms with Gasteiger partial charge in [0.15, 0.2) is 8.32 Å². The second-order valence-corrected chi connectivity index (χ2v) is 12.2. The third-order valence-corrected chi connectivity index (χ3v) is 11.7. The first-order valence-corrected chi connectivity index (χ1v) is 10.6. The molecule has 0 aromatic rings. The largest absolute Gasteiger partial charge is 0.413 e. The van der Waals surface area contributed by atoms with Crippen LogP contribution in [0.5, 0.6) is 0 Å². The molecule has 0 spiro atoms. The minimum atomic E-state index is -1.43. The van der Waals surface area contributed by atoms with Crippen LogP contribution >= 0.6 is 0 Å². The molecule has 1 nitrogen and oxygen atoms in total. The van der Waals surface area contributed by atoms with Crippen molar-refractivity contribution in [3.63, 3.8) is 0 Å². The Morgan fingerprint density at radius 3 is 1.94 bits per heavy atom. The van der Waals surface area contributed by atoms with E-state index in [-0.39, 0.29) is 0 Å².